The van der Waals surface area contributed by atoms with Crippen molar-refractivity contribution in [1.29, 1.82) is 0 Å². The van der Waals surface area contributed by atoms with Crippen LogP contribution in [-0.2, 0) is 25.5 Å². The van der Waals surface area contributed by atoms with Crippen molar-refractivity contribution in [3.8, 4) is 0 Å². The number of carbonyl (C=O) groups is 3. The van der Waals surface area contributed by atoms with Gasteiger partial charge in [0.05, 0.1) is 0 Å². The Balaban J connectivity index is 1.73. The minimum absolute atomic E-state index is 0.0137. The summed E-state index contributed by atoms with van der Waals surface area (Å²) in [5.74, 6) is -1.45. The predicted molar refractivity (Wildman–Crippen MR) is 106 cm³/mol. The Labute approximate surface area is 163 Å². The molecule has 0 saturated carbocycles. The van der Waals surface area contributed by atoms with Crippen LogP contribution in [0.25, 0.3) is 6.08 Å². The third kappa shape index (κ3) is 4.46. The lowest BCUT2D eigenvalue weighted by Gasteiger charge is -2.22. The van der Waals surface area contributed by atoms with Crippen molar-refractivity contribution in [2.75, 3.05) is 11.4 Å². The molecule has 6 nitrogen and oxygen atoms in total. The summed E-state index contributed by atoms with van der Waals surface area (Å²) >= 11 is 0. The van der Waals surface area contributed by atoms with E-state index in [9.17, 15) is 14.4 Å². The number of benzene rings is 2. The lowest BCUT2D eigenvalue weighted by molar-refractivity contribution is -0.150. The van der Waals surface area contributed by atoms with Crippen LogP contribution < -0.4 is 10.2 Å². The molecule has 0 spiro atoms. The summed E-state index contributed by atoms with van der Waals surface area (Å²) in [4.78, 5) is 38.5. The molecular formula is C22H22N2O4. The van der Waals surface area contributed by atoms with Gasteiger partial charge in [-0.1, -0.05) is 48.5 Å². The Morgan fingerprint density at radius 3 is 2.46 bits per heavy atom. The number of hydrogen-bond donors (Lipinski definition) is 1. The standard InChI is InChI=1S/C22H22N2O4/c1-15(21(26)24-13-12-18-10-6-7-11-20(18)24)28-22(27)19(23-16(2)25)14-17-8-4-3-5-9-17/h3-11,14-15H,12-13H2,1-2H3,(H,23,25)/b19-14+/t15-/m1/s1. The Morgan fingerprint density at radius 1 is 1.07 bits per heavy atom. The average molecular weight is 378 g/mol. The summed E-state index contributed by atoms with van der Waals surface area (Å²) in [6.07, 6.45) is 1.31. The molecule has 28 heavy (non-hydrogen) atoms. The molecule has 1 aliphatic rings. The molecule has 1 atom stereocenters. The molecule has 0 radical (unpaired) electrons. The van der Waals surface area contributed by atoms with Crippen LogP contribution in [0.1, 0.15) is 25.0 Å². The second kappa shape index (κ2) is 8.52. The molecule has 0 aromatic heterocycles. The molecule has 0 bridgehead atoms. The molecular weight excluding hydrogens is 356 g/mol. The van der Waals surface area contributed by atoms with Crippen molar-refractivity contribution < 1.29 is 19.1 Å². The van der Waals surface area contributed by atoms with Gasteiger partial charge in [0.25, 0.3) is 5.91 Å². The van der Waals surface area contributed by atoms with Gasteiger partial charge >= 0.3 is 5.97 Å². The summed E-state index contributed by atoms with van der Waals surface area (Å²) in [6.45, 7) is 3.40. The van der Waals surface area contributed by atoms with Crippen molar-refractivity contribution >= 4 is 29.5 Å². The fourth-order valence-corrected chi connectivity index (χ4v) is 3.11. The number of hydrogen-bond acceptors (Lipinski definition) is 4. The number of carbonyl (C=O) groups excluding carboxylic acids is 3. The van der Waals surface area contributed by atoms with Crippen molar-refractivity contribution in [3.63, 3.8) is 0 Å². The first-order valence-electron chi connectivity index (χ1n) is 9.10. The quantitative estimate of drug-likeness (QED) is 0.641. The number of rotatable bonds is 5. The van der Waals surface area contributed by atoms with Gasteiger partial charge in [-0.2, -0.15) is 0 Å². The number of anilines is 1. The number of nitrogens with zero attached hydrogens (tertiary/aromatic N) is 1. The molecule has 1 N–H and O–H groups in total. The second-order valence-electron chi connectivity index (χ2n) is 6.57. The Hall–Kier alpha value is -3.41. The van der Waals surface area contributed by atoms with Crippen LogP contribution >= 0.6 is 0 Å². The van der Waals surface area contributed by atoms with Crippen LogP contribution in [0.4, 0.5) is 5.69 Å². The van der Waals surface area contributed by atoms with E-state index in [2.05, 4.69) is 5.32 Å². The first-order chi connectivity index (χ1) is 13.5. The molecule has 1 aliphatic heterocycles. The first-order valence-corrected chi connectivity index (χ1v) is 9.10. The van der Waals surface area contributed by atoms with E-state index in [0.717, 1.165) is 23.2 Å². The van der Waals surface area contributed by atoms with Crippen LogP contribution in [0.5, 0.6) is 0 Å². The van der Waals surface area contributed by atoms with E-state index in [0.29, 0.717) is 6.54 Å². The monoisotopic (exact) mass is 378 g/mol. The zero-order valence-electron chi connectivity index (χ0n) is 15.8. The van der Waals surface area contributed by atoms with E-state index in [1.54, 1.807) is 17.0 Å². The highest BCUT2D eigenvalue weighted by atomic mass is 16.5. The van der Waals surface area contributed by atoms with Gasteiger partial charge in [0, 0.05) is 19.2 Å². The first kappa shape index (κ1) is 19.4. The third-order valence-corrected chi connectivity index (χ3v) is 4.43. The Kier molecular flexibility index (Phi) is 5.89. The van der Waals surface area contributed by atoms with E-state index in [4.69, 9.17) is 4.74 Å². The van der Waals surface area contributed by atoms with E-state index >= 15 is 0 Å². The van der Waals surface area contributed by atoms with Crippen LogP contribution in [0, 0.1) is 0 Å². The smallest absolute Gasteiger partial charge is 0.355 e. The maximum atomic E-state index is 12.8. The highest BCUT2D eigenvalue weighted by Crippen LogP contribution is 2.28. The molecule has 1 heterocycles. The third-order valence-electron chi connectivity index (χ3n) is 4.43. The highest BCUT2D eigenvalue weighted by Gasteiger charge is 2.30. The van der Waals surface area contributed by atoms with E-state index in [1.807, 2.05) is 42.5 Å². The van der Waals surface area contributed by atoms with Crippen molar-refractivity contribution in [2.45, 2.75) is 26.4 Å². The molecule has 0 aliphatic carbocycles. The largest absolute Gasteiger partial charge is 0.448 e. The van der Waals surface area contributed by atoms with Gasteiger partial charge in [-0.05, 0) is 36.6 Å². The van der Waals surface area contributed by atoms with Gasteiger partial charge in [0.1, 0.15) is 5.70 Å². The predicted octanol–water partition coefficient (Wildman–Crippen LogP) is 2.68. The van der Waals surface area contributed by atoms with Crippen LogP contribution in [0.2, 0.25) is 0 Å². The number of nitrogens with one attached hydrogen (secondary N) is 1. The van der Waals surface area contributed by atoms with Gasteiger partial charge in [0.2, 0.25) is 5.91 Å². The van der Waals surface area contributed by atoms with E-state index < -0.39 is 18.0 Å². The van der Waals surface area contributed by atoms with Gasteiger partial charge < -0.3 is 15.0 Å². The number of para-hydroxylation sites is 1. The molecule has 6 heteroatoms. The van der Waals surface area contributed by atoms with E-state index in [-0.39, 0.29) is 11.6 Å². The minimum atomic E-state index is -0.980. The molecule has 2 amide bonds. The number of esters is 1. The minimum Gasteiger partial charge on any atom is -0.448 e. The molecule has 0 unspecified atom stereocenters. The normalized spacial score (nSPS) is 14.2. The topological polar surface area (TPSA) is 75.7 Å². The zero-order valence-corrected chi connectivity index (χ0v) is 15.8. The molecule has 0 fully saturated rings. The zero-order chi connectivity index (χ0) is 20.1. The lowest BCUT2D eigenvalue weighted by Crippen LogP contribution is -2.40. The summed E-state index contributed by atoms with van der Waals surface area (Å²) in [7, 11) is 0. The maximum absolute atomic E-state index is 12.8. The fourth-order valence-electron chi connectivity index (χ4n) is 3.11. The van der Waals surface area contributed by atoms with E-state index in [1.165, 1.54) is 19.9 Å². The number of fused-ring (bicyclic) bond motifs is 1. The molecule has 2 aromatic carbocycles. The van der Waals surface area contributed by atoms with Crippen LogP contribution in [0.15, 0.2) is 60.3 Å². The summed E-state index contributed by atoms with van der Waals surface area (Å²) in [5.41, 5.74) is 2.66. The van der Waals surface area contributed by atoms with Crippen LogP contribution in [0.3, 0.4) is 0 Å². The number of amides is 2. The van der Waals surface area contributed by atoms with Crippen molar-refractivity contribution in [1.82, 2.24) is 5.32 Å². The number of ether oxygens (including phenoxy) is 1. The van der Waals surface area contributed by atoms with Crippen LogP contribution in [-0.4, -0.2) is 30.4 Å². The van der Waals surface area contributed by atoms with Crippen molar-refractivity contribution in [3.05, 3.63) is 71.4 Å². The average Bonchev–Trinajstić information content (AvgIpc) is 3.11. The molecule has 2 aromatic rings. The highest BCUT2D eigenvalue weighted by molar-refractivity contribution is 6.02. The summed E-state index contributed by atoms with van der Waals surface area (Å²) in [5, 5.41) is 2.48. The SMILES string of the molecule is CC(=O)N/C(=C/c1ccccc1)C(=O)O[C@H](C)C(=O)N1CCc2ccccc21. The van der Waals surface area contributed by atoms with Gasteiger partial charge in [-0.25, -0.2) is 4.79 Å². The van der Waals surface area contributed by atoms with Gasteiger partial charge in [0.15, 0.2) is 6.10 Å². The summed E-state index contributed by atoms with van der Waals surface area (Å²) in [6, 6.07) is 16.8. The Bertz CT molecular complexity index is 921. The van der Waals surface area contributed by atoms with Gasteiger partial charge in [-0.15, -0.1) is 0 Å². The molecule has 0 saturated heterocycles. The molecule has 3 rings (SSSR count). The maximum Gasteiger partial charge on any atom is 0.355 e. The van der Waals surface area contributed by atoms with Crippen molar-refractivity contribution in [2.24, 2.45) is 0 Å². The lowest BCUT2D eigenvalue weighted by atomic mass is 10.2. The molecule has 144 valence electrons. The van der Waals surface area contributed by atoms with Gasteiger partial charge in [-0.3, -0.25) is 9.59 Å². The Morgan fingerprint density at radius 2 is 1.75 bits per heavy atom. The summed E-state index contributed by atoms with van der Waals surface area (Å²) < 4.78 is 5.36. The second-order valence-corrected chi connectivity index (χ2v) is 6.57. The fraction of sp³-hybridized carbons (Fsp3) is 0.227.